The van der Waals surface area contributed by atoms with E-state index in [4.69, 9.17) is 8.83 Å². The van der Waals surface area contributed by atoms with Gasteiger partial charge in [-0.25, -0.2) is 0 Å². The average molecular weight is 782 g/mol. The molecule has 3 heteroatoms. The van der Waals surface area contributed by atoms with Gasteiger partial charge in [-0.2, -0.15) is 0 Å². The van der Waals surface area contributed by atoms with Gasteiger partial charge in [-0.15, -0.1) is 0 Å². The molecule has 0 aliphatic heterocycles. The van der Waals surface area contributed by atoms with E-state index >= 15 is 0 Å². The second-order valence-electron chi connectivity index (χ2n) is 16.0. The molecule has 0 bridgehead atoms. The lowest BCUT2D eigenvalue weighted by Crippen LogP contribution is -2.10. The summed E-state index contributed by atoms with van der Waals surface area (Å²) in [7, 11) is 0. The molecule has 0 fully saturated rings. The molecule has 11 aromatic rings. The molecule has 0 N–H and O–H groups in total. The van der Waals surface area contributed by atoms with Gasteiger partial charge in [-0.05, 0) is 106 Å². The monoisotopic (exact) mass is 781 g/mol. The topological polar surface area (TPSA) is 29.5 Å². The van der Waals surface area contributed by atoms with Gasteiger partial charge in [-0.1, -0.05) is 158 Å². The first-order valence-corrected chi connectivity index (χ1v) is 21.0. The van der Waals surface area contributed by atoms with E-state index in [1.54, 1.807) is 0 Å². The molecule has 12 rings (SSSR count). The third kappa shape index (κ3) is 6.05. The SMILES string of the molecule is C1=C(c2ccccc2)CCC(c2cccc3c2oc2c4ccccc4c(-c4ccc(N(c5cccc(-c6ccccc6)c5)c5ccc6c(c5)oc5ccccc56)cc4)cc32)=C1. The van der Waals surface area contributed by atoms with Crippen molar-refractivity contribution in [3.63, 3.8) is 0 Å². The van der Waals surface area contributed by atoms with Crippen LogP contribution in [0.4, 0.5) is 17.1 Å². The zero-order valence-electron chi connectivity index (χ0n) is 33.4. The average Bonchev–Trinajstić information content (AvgIpc) is 3.91. The lowest BCUT2D eigenvalue weighted by atomic mass is 9.89. The third-order valence-electron chi connectivity index (χ3n) is 12.4. The van der Waals surface area contributed by atoms with Crippen molar-refractivity contribution in [1.29, 1.82) is 0 Å². The number of nitrogens with zero attached hydrogens (tertiary/aromatic N) is 1. The molecule has 9 aromatic carbocycles. The molecule has 0 saturated heterocycles. The van der Waals surface area contributed by atoms with Gasteiger partial charge in [0.05, 0.1) is 0 Å². The molecule has 2 heterocycles. The Hall–Kier alpha value is -7.88. The zero-order chi connectivity index (χ0) is 40.3. The van der Waals surface area contributed by atoms with Crippen LogP contribution in [0.1, 0.15) is 24.0 Å². The highest BCUT2D eigenvalue weighted by atomic mass is 16.3. The van der Waals surface area contributed by atoms with Crippen molar-refractivity contribution in [3.8, 4) is 22.3 Å². The largest absolute Gasteiger partial charge is 0.456 e. The molecule has 3 nitrogen and oxygen atoms in total. The number of fused-ring (bicyclic) bond motifs is 8. The Labute approximate surface area is 353 Å². The molecule has 288 valence electrons. The van der Waals surface area contributed by atoms with Crippen molar-refractivity contribution in [2.75, 3.05) is 4.90 Å². The highest BCUT2D eigenvalue weighted by Gasteiger charge is 2.21. The van der Waals surface area contributed by atoms with Crippen molar-refractivity contribution >= 4 is 82.9 Å². The van der Waals surface area contributed by atoms with E-state index in [0.29, 0.717) is 0 Å². The molecular formula is C58H39NO2. The predicted octanol–water partition coefficient (Wildman–Crippen LogP) is 16.7. The number of furan rings is 2. The Balaban J connectivity index is 0.972. The number of allylic oxidation sites excluding steroid dienone is 4. The number of hydrogen-bond acceptors (Lipinski definition) is 3. The summed E-state index contributed by atoms with van der Waals surface area (Å²) in [5.41, 5.74) is 16.6. The Kier molecular flexibility index (Phi) is 8.31. The van der Waals surface area contributed by atoms with Gasteiger partial charge < -0.3 is 13.7 Å². The lowest BCUT2D eigenvalue weighted by Gasteiger charge is -2.26. The van der Waals surface area contributed by atoms with Crippen molar-refractivity contribution in [1.82, 2.24) is 0 Å². The summed E-state index contributed by atoms with van der Waals surface area (Å²) in [5.74, 6) is 0. The highest BCUT2D eigenvalue weighted by molar-refractivity contribution is 6.20. The highest BCUT2D eigenvalue weighted by Crippen LogP contribution is 2.45. The molecule has 0 spiro atoms. The quantitative estimate of drug-likeness (QED) is 0.161. The zero-order valence-corrected chi connectivity index (χ0v) is 33.4. The minimum Gasteiger partial charge on any atom is -0.456 e. The van der Waals surface area contributed by atoms with Crippen LogP contribution >= 0.6 is 0 Å². The molecule has 0 saturated carbocycles. The van der Waals surface area contributed by atoms with Crippen LogP contribution in [-0.2, 0) is 0 Å². The first-order chi connectivity index (χ1) is 30.2. The van der Waals surface area contributed by atoms with Crippen molar-refractivity contribution in [2.45, 2.75) is 12.8 Å². The second-order valence-corrected chi connectivity index (χ2v) is 16.0. The summed E-state index contributed by atoms with van der Waals surface area (Å²) in [6, 6.07) is 71.4. The second kappa shape index (κ2) is 14.4. The molecule has 1 aliphatic carbocycles. The van der Waals surface area contributed by atoms with Crippen LogP contribution in [0.3, 0.4) is 0 Å². The van der Waals surface area contributed by atoms with Gasteiger partial charge >= 0.3 is 0 Å². The first-order valence-electron chi connectivity index (χ1n) is 21.0. The Morgan fingerprint density at radius 3 is 1.72 bits per heavy atom. The molecule has 0 amide bonds. The number of anilines is 3. The maximum absolute atomic E-state index is 6.92. The van der Waals surface area contributed by atoms with Crippen molar-refractivity contribution < 1.29 is 8.83 Å². The van der Waals surface area contributed by atoms with E-state index in [9.17, 15) is 0 Å². The van der Waals surface area contributed by atoms with Crippen LogP contribution in [0.5, 0.6) is 0 Å². The summed E-state index contributed by atoms with van der Waals surface area (Å²) in [6.45, 7) is 0. The third-order valence-corrected chi connectivity index (χ3v) is 12.4. The number of para-hydroxylation sites is 2. The Morgan fingerprint density at radius 1 is 0.311 bits per heavy atom. The standard InChI is InChI=1S/C58H39NO2/c1-3-13-38(14-4-1)40-25-27-41(28-26-40)47-22-12-23-52-54-37-53(48-19-7-8-21-51(48)58(54)61-57(47)52)42-29-31-44(32-30-42)59(45-18-11-17-43(35-45)39-15-5-2-6-16-39)46-33-34-50-49-20-9-10-24-55(49)60-56(50)36-46/h1-25,27,29-37H,26,28H2. The van der Waals surface area contributed by atoms with Crippen LogP contribution < -0.4 is 4.90 Å². The van der Waals surface area contributed by atoms with E-state index in [1.165, 1.54) is 38.8 Å². The summed E-state index contributed by atoms with van der Waals surface area (Å²) in [5, 5.41) is 6.78. The molecule has 0 atom stereocenters. The molecule has 2 aromatic heterocycles. The molecule has 61 heavy (non-hydrogen) atoms. The van der Waals surface area contributed by atoms with Gasteiger partial charge in [-0.3, -0.25) is 0 Å². The van der Waals surface area contributed by atoms with Crippen LogP contribution in [0.15, 0.2) is 221 Å². The summed E-state index contributed by atoms with van der Waals surface area (Å²) in [4.78, 5) is 2.33. The summed E-state index contributed by atoms with van der Waals surface area (Å²) < 4.78 is 13.3. The van der Waals surface area contributed by atoms with E-state index in [2.05, 4.69) is 205 Å². The fraction of sp³-hybridized carbons (Fsp3) is 0.0345. The normalized spacial score (nSPS) is 13.0. The number of hydrogen-bond donors (Lipinski definition) is 0. The smallest absolute Gasteiger partial charge is 0.143 e. The van der Waals surface area contributed by atoms with Crippen molar-refractivity contribution in [2.24, 2.45) is 0 Å². The maximum atomic E-state index is 6.92. The van der Waals surface area contributed by atoms with E-state index in [0.717, 1.165) is 90.3 Å². The molecule has 1 aliphatic rings. The van der Waals surface area contributed by atoms with E-state index in [-0.39, 0.29) is 0 Å². The minimum atomic E-state index is 0.864. The summed E-state index contributed by atoms with van der Waals surface area (Å²) >= 11 is 0. The van der Waals surface area contributed by atoms with Crippen LogP contribution in [0.25, 0.3) is 88.0 Å². The van der Waals surface area contributed by atoms with Crippen LogP contribution in [0.2, 0.25) is 0 Å². The Morgan fingerprint density at radius 2 is 0.918 bits per heavy atom. The van der Waals surface area contributed by atoms with Gasteiger partial charge in [0.2, 0.25) is 0 Å². The van der Waals surface area contributed by atoms with Crippen LogP contribution in [0, 0.1) is 0 Å². The van der Waals surface area contributed by atoms with E-state index < -0.39 is 0 Å². The number of benzene rings is 9. The van der Waals surface area contributed by atoms with Gasteiger partial charge in [0.25, 0.3) is 0 Å². The van der Waals surface area contributed by atoms with Gasteiger partial charge in [0, 0.05) is 55.6 Å². The predicted molar refractivity (Wildman–Crippen MR) is 256 cm³/mol. The molecular weight excluding hydrogens is 743 g/mol. The van der Waals surface area contributed by atoms with Gasteiger partial charge in [0.15, 0.2) is 0 Å². The molecule has 0 unspecified atom stereocenters. The maximum Gasteiger partial charge on any atom is 0.143 e. The van der Waals surface area contributed by atoms with Gasteiger partial charge in [0.1, 0.15) is 22.3 Å². The Bertz CT molecular complexity index is 3520. The van der Waals surface area contributed by atoms with E-state index in [1.807, 2.05) is 12.1 Å². The summed E-state index contributed by atoms with van der Waals surface area (Å²) in [6.07, 6.45) is 6.54. The van der Waals surface area contributed by atoms with Crippen LogP contribution in [-0.4, -0.2) is 0 Å². The minimum absolute atomic E-state index is 0.864. The number of rotatable bonds is 7. The lowest BCUT2D eigenvalue weighted by molar-refractivity contribution is 0.669. The first kappa shape index (κ1) is 35.1. The fourth-order valence-electron chi connectivity index (χ4n) is 9.41. The molecule has 0 radical (unpaired) electrons. The fourth-order valence-corrected chi connectivity index (χ4v) is 9.41. The van der Waals surface area contributed by atoms with Crippen molar-refractivity contribution in [3.05, 3.63) is 223 Å².